The molecule has 19 atom stereocenters. The second-order valence-corrected chi connectivity index (χ2v) is 22.5. The molecule has 0 spiro atoms. The van der Waals surface area contributed by atoms with E-state index in [1.165, 1.54) is 26.2 Å². The lowest BCUT2D eigenvalue weighted by atomic mass is 9.77. The highest BCUT2D eigenvalue weighted by Gasteiger charge is 2.53. The maximum Gasteiger partial charge on any atom is 0.311 e. The molecule has 3 saturated heterocycles. The van der Waals surface area contributed by atoms with Gasteiger partial charge in [-0.1, -0.05) is 32.9 Å². The maximum absolute atomic E-state index is 14.4. The number of aliphatic hydroxyl groups excluding tert-OH is 4. The van der Waals surface area contributed by atoms with Crippen molar-refractivity contribution in [1.29, 1.82) is 0 Å². The molecule has 3 aliphatic rings. The van der Waals surface area contributed by atoms with Crippen LogP contribution in [0.5, 0.6) is 0 Å². The van der Waals surface area contributed by atoms with Gasteiger partial charge in [0.2, 0.25) is 10.0 Å². The summed E-state index contributed by atoms with van der Waals surface area (Å²) in [4.78, 5) is 18.2. The van der Waals surface area contributed by atoms with Crippen molar-refractivity contribution in [3.05, 3.63) is 29.8 Å². The quantitative estimate of drug-likeness (QED) is 0.0903. The minimum Gasteiger partial charge on any atom is -0.459 e. The standard InChI is InChI=1S/C48H86N4O15S/c1-14-37-48(10,59)41(55)31(6)51(11)25-27(2)22-46(8,58)43(29(4)40(30(5)44(57)65-37)66-38-23-47(9,62-13)42(56)32(7)64-38)67-45-39(54)36(21-28(3)63-45)52(12)26-34(53)24-50-20-19-33-15-17-35(18-16-33)68(49,60)61/h15-18,27-32,34,36-43,45,50,53-56,58-59H,14,19-26H2,1-13H3,(H2,49,60,61)/t27-,28-,29+,30-,31-,32+,34?,36?,37-,38+,39-,40+,41-,42+,43-,45+,46-,47-,48-/m1/s1. The molecule has 0 radical (unpaired) electrons. The number of hydrogen-bond acceptors (Lipinski definition) is 18. The Morgan fingerprint density at radius 1 is 0.985 bits per heavy atom. The number of carbonyl (C=O) groups is 1. The molecule has 0 aromatic heterocycles. The maximum atomic E-state index is 14.4. The predicted octanol–water partition coefficient (Wildman–Crippen LogP) is 1.11. The van der Waals surface area contributed by atoms with Crippen molar-refractivity contribution in [1.82, 2.24) is 15.1 Å². The van der Waals surface area contributed by atoms with Gasteiger partial charge in [0.25, 0.3) is 0 Å². The zero-order valence-electron chi connectivity index (χ0n) is 42.6. The number of primary sulfonamides is 1. The Labute approximate surface area is 405 Å². The van der Waals surface area contributed by atoms with Crippen LogP contribution in [0.25, 0.3) is 0 Å². The number of benzene rings is 1. The van der Waals surface area contributed by atoms with Gasteiger partial charge in [0.15, 0.2) is 12.6 Å². The van der Waals surface area contributed by atoms with Gasteiger partial charge in [-0.05, 0) is 118 Å². The molecule has 3 heterocycles. The highest BCUT2D eigenvalue weighted by Crippen LogP contribution is 2.40. The Balaban J connectivity index is 1.64. The van der Waals surface area contributed by atoms with Gasteiger partial charge < -0.3 is 69.3 Å². The van der Waals surface area contributed by atoms with Gasteiger partial charge >= 0.3 is 5.97 Å². The van der Waals surface area contributed by atoms with Crippen LogP contribution in [0.15, 0.2) is 29.2 Å². The first-order chi connectivity index (χ1) is 31.5. The van der Waals surface area contributed by atoms with Crippen LogP contribution in [0, 0.1) is 17.8 Å². The molecule has 0 saturated carbocycles. The Kier molecular flexibility index (Phi) is 20.8. The van der Waals surface area contributed by atoms with E-state index < -0.39 is 124 Å². The number of nitrogens with two attached hydrogens (primary N) is 1. The van der Waals surface area contributed by atoms with Gasteiger partial charge in [-0.2, -0.15) is 0 Å². The molecular formula is C48H86N4O15S. The highest BCUT2D eigenvalue weighted by molar-refractivity contribution is 7.89. The molecule has 9 N–H and O–H groups in total. The third-order valence-electron chi connectivity index (χ3n) is 14.8. The normalized spacial score (nSPS) is 41.4. The molecule has 0 amide bonds. The first-order valence-corrected chi connectivity index (χ1v) is 25.8. The highest BCUT2D eigenvalue weighted by atomic mass is 32.2. The number of likely N-dealkylation sites (N-methyl/N-ethyl adjacent to an activating group) is 2. The van der Waals surface area contributed by atoms with E-state index in [9.17, 15) is 43.9 Å². The summed E-state index contributed by atoms with van der Waals surface area (Å²) < 4.78 is 61.2. The van der Waals surface area contributed by atoms with Crippen molar-refractivity contribution in [2.75, 3.05) is 47.4 Å². The van der Waals surface area contributed by atoms with Crippen LogP contribution >= 0.6 is 0 Å². The smallest absolute Gasteiger partial charge is 0.311 e. The number of carbonyl (C=O) groups excluding carboxylic acids is 1. The fourth-order valence-corrected chi connectivity index (χ4v) is 11.1. The third-order valence-corrected chi connectivity index (χ3v) is 15.8. The summed E-state index contributed by atoms with van der Waals surface area (Å²) in [6.45, 7) is 18.6. The van der Waals surface area contributed by atoms with Gasteiger partial charge in [0.05, 0.1) is 52.5 Å². The van der Waals surface area contributed by atoms with E-state index in [1.54, 1.807) is 67.6 Å². The first-order valence-electron chi connectivity index (χ1n) is 24.2. The minimum absolute atomic E-state index is 0.0326. The minimum atomic E-state index is -3.79. The van der Waals surface area contributed by atoms with Crippen molar-refractivity contribution >= 4 is 16.0 Å². The van der Waals surface area contributed by atoms with Gasteiger partial charge in [-0.25, -0.2) is 13.6 Å². The van der Waals surface area contributed by atoms with Gasteiger partial charge in [0, 0.05) is 51.2 Å². The molecule has 0 aliphatic carbocycles. The van der Waals surface area contributed by atoms with E-state index in [4.69, 9.17) is 33.6 Å². The number of nitrogens with one attached hydrogen (secondary N) is 1. The summed E-state index contributed by atoms with van der Waals surface area (Å²) in [5, 5.41) is 78.9. The second-order valence-electron chi connectivity index (χ2n) is 20.9. The van der Waals surface area contributed by atoms with Crippen molar-refractivity contribution in [2.24, 2.45) is 22.9 Å². The van der Waals surface area contributed by atoms with Crippen LogP contribution in [-0.2, 0) is 49.7 Å². The zero-order chi connectivity index (χ0) is 51.3. The summed E-state index contributed by atoms with van der Waals surface area (Å²) in [5.41, 5.74) is -3.70. The van der Waals surface area contributed by atoms with Crippen LogP contribution < -0.4 is 10.5 Å². The van der Waals surface area contributed by atoms with Crippen LogP contribution in [-0.4, -0.2) is 199 Å². The Morgan fingerprint density at radius 2 is 1.62 bits per heavy atom. The Bertz CT molecular complexity index is 1850. The molecule has 4 rings (SSSR count). The van der Waals surface area contributed by atoms with Crippen LogP contribution in [0.3, 0.4) is 0 Å². The van der Waals surface area contributed by atoms with Crippen LogP contribution in [0.2, 0.25) is 0 Å². The molecule has 20 heteroatoms. The molecule has 394 valence electrons. The summed E-state index contributed by atoms with van der Waals surface area (Å²) in [5.74, 6) is -2.90. The predicted molar refractivity (Wildman–Crippen MR) is 254 cm³/mol. The molecule has 2 unspecified atom stereocenters. The molecule has 3 aliphatic heterocycles. The van der Waals surface area contributed by atoms with Gasteiger partial charge in [-0.15, -0.1) is 0 Å². The number of esters is 1. The zero-order valence-corrected chi connectivity index (χ0v) is 43.5. The number of aliphatic hydroxyl groups is 6. The number of hydrogen-bond donors (Lipinski definition) is 8. The monoisotopic (exact) mass is 991 g/mol. The van der Waals surface area contributed by atoms with Crippen molar-refractivity contribution in [3.8, 4) is 0 Å². The molecule has 1 aromatic rings. The van der Waals surface area contributed by atoms with Crippen molar-refractivity contribution < 1.29 is 72.3 Å². The lowest BCUT2D eigenvalue weighted by molar-refractivity contribution is -0.318. The second kappa shape index (κ2) is 24.2. The molecule has 0 bridgehead atoms. The number of rotatable bonds is 15. The Hall–Kier alpha value is -1.96. The Morgan fingerprint density at radius 3 is 2.21 bits per heavy atom. The third kappa shape index (κ3) is 14.6. The van der Waals surface area contributed by atoms with Gasteiger partial charge in [0.1, 0.15) is 30.0 Å². The van der Waals surface area contributed by atoms with E-state index in [0.717, 1.165) is 5.56 Å². The summed E-state index contributed by atoms with van der Waals surface area (Å²) in [6.07, 6.45) is -9.85. The molecule has 19 nitrogen and oxygen atoms in total. The molecule has 3 fully saturated rings. The summed E-state index contributed by atoms with van der Waals surface area (Å²) in [7, 11) is 1.31. The molecule has 68 heavy (non-hydrogen) atoms. The number of cyclic esters (lactones) is 1. The first kappa shape index (κ1) is 58.6. The van der Waals surface area contributed by atoms with E-state index in [1.807, 2.05) is 30.7 Å². The average molecular weight is 991 g/mol. The van der Waals surface area contributed by atoms with Crippen molar-refractivity contribution in [2.45, 2.75) is 203 Å². The number of sulfonamides is 1. The van der Waals surface area contributed by atoms with Crippen molar-refractivity contribution in [3.63, 3.8) is 0 Å². The van der Waals surface area contributed by atoms with Gasteiger partial charge in [-0.3, -0.25) is 9.69 Å². The van der Waals surface area contributed by atoms with E-state index in [-0.39, 0.29) is 43.2 Å². The number of nitrogens with zero attached hydrogens (tertiary/aromatic N) is 2. The number of methoxy groups -OCH3 is 1. The fourth-order valence-electron chi connectivity index (χ4n) is 10.5. The van der Waals surface area contributed by atoms with E-state index in [2.05, 4.69) is 5.32 Å². The lowest BCUT2D eigenvalue weighted by Gasteiger charge is -2.49. The van der Waals surface area contributed by atoms with Crippen LogP contribution in [0.1, 0.15) is 100 Å². The number of ether oxygens (including phenoxy) is 6. The van der Waals surface area contributed by atoms with E-state index in [0.29, 0.717) is 25.9 Å². The summed E-state index contributed by atoms with van der Waals surface area (Å²) in [6, 6.07) is 5.16. The topological polar surface area (TPSA) is 272 Å². The van der Waals surface area contributed by atoms with E-state index >= 15 is 0 Å². The summed E-state index contributed by atoms with van der Waals surface area (Å²) >= 11 is 0. The SMILES string of the molecule is CC[C@H]1OC(=O)[C@H](C)[C@@H](O[C@H]2C[C@@](C)(OC)[C@@H](O)[C@H](C)O2)[C@H](C)[C@@H](O[C@@H]2O[C@H](C)CC(N(C)CC(O)CNCCc3ccc(S(N)(=O)=O)cc3)[C@H]2O)[C@](C)(O)C[C@@H](C)CN(C)[C@H](C)[C@@H](O)[C@]1(C)O. The largest absolute Gasteiger partial charge is 0.459 e. The fraction of sp³-hybridized carbons (Fsp3) is 0.854. The molecular weight excluding hydrogens is 905 g/mol. The lowest BCUT2D eigenvalue weighted by Crippen LogP contribution is -2.61. The average Bonchev–Trinajstić information content (AvgIpc) is 3.25. The molecule has 1 aromatic carbocycles. The van der Waals surface area contributed by atoms with Crippen LogP contribution in [0.4, 0.5) is 0 Å².